The summed E-state index contributed by atoms with van der Waals surface area (Å²) in [5, 5.41) is 19.3. The molecule has 0 fully saturated rings. The van der Waals surface area contributed by atoms with Gasteiger partial charge in [0.15, 0.2) is 5.82 Å². The summed E-state index contributed by atoms with van der Waals surface area (Å²) in [5.74, 6) is -0.193. The Kier molecular flexibility index (Phi) is 3.17. The fraction of sp³-hybridized carbons (Fsp3) is 0. The molecule has 2 rings (SSSR count). The maximum absolute atomic E-state index is 13.0. The van der Waals surface area contributed by atoms with Crippen LogP contribution in [0.1, 0.15) is 5.56 Å². The minimum absolute atomic E-state index is 0.238. The second-order valence-electron chi connectivity index (χ2n) is 3.15. The molecule has 84 valence electrons. The first kappa shape index (κ1) is 11.3. The van der Waals surface area contributed by atoms with Crippen LogP contribution in [0.15, 0.2) is 30.5 Å². The Morgan fingerprint density at radius 3 is 2.94 bits per heavy atom. The van der Waals surface area contributed by atoms with Crippen molar-refractivity contribution in [3.8, 4) is 6.07 Å². The van der Waals surface area contributed by atoms with Crippen LogP contribution < -0.4 is 5.32 Å². The van der Waals surface area contributed by atoms with Crippen molar-refractivity contribution in [3.63, 3.8) is 0 Å². The van der Waals surface area contributed by atoms with E-state index in [2.05, 4.69) is 15.5 Å². The van der Waals surface area contributed by atoms with Crippen molar-refractivity contribution in [1.82, 2.24) is 10.2 Å². The van der Waals surface area contributed by atoms with Crippen LogP contribution in [0.2, 0.25) is 5.02 Å². The first-order valence-corrected chi connectivity index (χ1v) is 5.02. The van der Waals surface area contributed by atoms with E-state index in [9.17, 15) is 4.39 Å². The SMILES string of the molecule is N#Cc1ccnnc1Nc1cc(F)ccc1Cl. The van der Waals surface area contributed by atoms with Gasteiger partial charge in [0.1, 0.15) is 11.9 Å². The summed E-state index contributed by atoms with van der Waals surface area (Å²) in [7, 11) is 0. The molecule has 2 aromatic rings. The summed E-state index contributed by atoms with van der Waals surface area (Å²) in [6, 6.07) is 7.33. The number of hydrogen-bond donors (Lipinski definition) is 1. The molecule has 0 spiro atoms. The number of nitrogens with one attached hydrogen (secondary N) is 1. The van der Waals surface area contributed by atoms with Crippen molar-refractivity contribution in [2.45, 2.75) is 0 Å². The average molecular weight is 249 g/mol. The van der Waals surface area contributed by atoms with E-state index in [1.165, 1.54) is 30.5 Å². The molecule has 0 aliphatic carbocycles. The fourth-order valence-corrected chi connectivity index (χ4v) is 1.40. The smallest absolute Gasteiger partial charge is 0.171 e. The van der Waals surface area contributed by atoms with Crippen LogP contribution in [0.4, 0.5) is 15.9 Å². The van der Waals surface area contributed by atoms with Crippen LogP contribution in [-0.4, -0.2) is 10.2 Å². The number of halogens is 2. The molecule has 6 heteroatoms. The second kappa shape index (κ2) is 4.76. The number of nitrogens with zero attached hydrogens (tertiary/aromatic N) is 3. The average Bonchev–Trinajstić information content (AvgIpc) is 2.34. The van der Waals surface area contributed by atoms with E-state index in [0.29, 0.717) is 16.3 Å². The third kappa shape index (κ3) is 2.49. The maximum atomic E-state index is 13.0. The number of hydrogen-bond acceptors (Lipinski definition) is 4. The predicted octanol–water partition coefficient (Wildman–Crippen LogP) is 2.88. The third-order valence-corrected chi connectivity index (χ3v) is 2.35. The number of aromatic nitrogens is 2. The zero-order valence-corrected chi connectivity index (χ0v) is 9.24. The molecule has 0 unspecified atom stereocenters. The van der Waals surface area contributed by atoms with Gasteiger partial charge in [-0.2, -0.15) is 10.4 Å². The van der Waals surface area contributed by atoms with Gasteiger partial charge in [-0.1, -0.05) is 11.6 Å². The molecule has 1 heterocycles. The van der Waals surface area contributed by atoms with Gasteiger partial charge >= 0.3 is 0 Å². The molecule has 0 aliphatic heterocycles. The molecule has 0 aliphatic rings. The molecule has 0 amide bonds. The first-order chi connectivity index (χ1) is 8.20. The molecular formula is C11H6ClFN4. The van der Waals surface area contributed by atoms with E-state index < -0.39 is 5.82 Å². The lowest BCUT2D eigenvalue weighted by molar-refractivity contribution is 0.628. The molecule has 4 nitrogen and oxygen atoms in total. The maximum Gasteiger partial charge on any atom is 0.171 e. The molecule has 1 aromatic heterocycles. The lowest BCUT2D eigenvalue weighted by Crippen LogP contribution is -1.99. The number of benzene rings is 1. The normalized spacial score (nSPS) is 9.71. The zero-order chi connectivity index (χ0) is 12.3. The number of anilines is 2. The van der Waals surface area contributed by atoms with Crippen LogP contribution in [-0.2, 0) is 0 Å². The van der Waals surface area contributed by atoms with Gasteiger partial charge in [0.25, 0.3) is 0 Å². The van der Waals surface area contributed by atoms with Gasteiger partial charge in [-0.05, 0) is 24.3 Å². The minimum Gasteiger partial charge on any atom is -0.336 e. The molecule has 0 radical (unpaired) electrons. The van der Waals surface area contributed by atoms with Crippen molar-refractivity contribution < 1.29 is 4.39 Å². The Morgan fingerprint density at radius 1 is 1.35 bits per heavy atom. The highest BCUT2D eigenvalue weighted by Crippen LogP contribution is 2.26. The summed E-state index contributed by atoms with van der Waals surface area (Å²) in [6.45, 7) is 0. The first-order valence-electron chi connectivity index (χ1n) is 4.64. The monoisotopic (exact) mass is 248 g/mol. The molecule has 0 bridgehead atoms. The van der Waals surface area contributed by atoms with Crippen molar-refractivity contribution in [1.29, 1.82) is 5.26 Å². The molecule has 0 atom stereocenters. The Hall–Kier alpha value is -2.19. The van der Waals surface area contributed by atoms with Crippen molar-refractivity contribution in [2.24, 2.45) is 0 Å². The van der Waals surface area contributed by atoms with Crippen molar-refractivity contribution in [3.05, 3.63) is 46.9 Å². The van der Waals surface area contributed by atoms with Crippen LogP contribution in [0.25, 0.3) is 0 Å². The highest BCUT2D eigenvalue weighted by molar-refractivity contribution is 6.33. The fourth-order valence-electron chi connectivity index (χ4n) is 1.24. The third-order valence-electron chi connectivity index (χ3n) is 2.02. The summed E-state index contributed by atoms with van der Waals surface area (Å²) < 4.78 is 13.0. The lowest BCUT2D eigenvalue weighted by atomic mass is 10.2. The van der Waals surface area contributed by atoms with Gasteiger partial charge in [0, 0.05) is 0 Å². The van der Waals surface area contributed by atoms with Gasteiger partial charge in [0.2, 0.25) is 0 Å². The summed E-state index contributed by atoms with van der Waals surface area (Å²) >= 11 is 5.88. The molecule has 0 saturated carbocycles. The Morgan fingerprint density at radius 2 is 2.18 bits per heavy atom. The topological polar surface area (TPSA) is 61.6 Å². The van der Waals surface area contributed by atoms with E-state index in [-0.39, 0.29) is 5.82 Å². The van der Waals surface area contributed by atoms with Gasteiger partial charge in [-0.25, -0.2) is 4.39 Å². The Bertz CT molecular complexity index is 594. The molecule has 1 N–H and O–H groups in total. The largest absolute Gasteiger partial charge is 0.336 e. The van der Waals surface area contributed by atoms with E-state index in [4.69, 9.17) is 16.9 Å². The van der Waals surface area contributed by atoms with Gasteiger partial charge in [-0.15, -0.1) is 5.10 Å². The minimum atomic E-state index is -0.431. The van der Waals surface area contributed by atoms with Crippen LogP contribution in [0.5, 0.6) is 0 Å². The summed E-state index contributed by atoms with van der Waals surface area (Å²) in [4.78, 5) is 0. The van der Waals surface area contributed by atoms with Crippen molar-refractivity contribution >= 4 is 23.1 Å². The van der Waals surface area contributed by atoms with E-state index >= 15 is 0 Å². The molecule has 17 heavy (non-hydrogen) atoms. The molecular weight excluding hydrogens is 243 g/mol. The van der Waals surface area contributed by atoms with Crippen LogP contribution in [0, 0.1) is 17.1 Å². The van der Waals surface area contributed by atoms with Crippen molar-refractivity contribution in [2.75, 3.05) is 5.32 Å². The molecule has 1 aromatic carbocycles. The second-order valence-corrected chi connectivity index (χ2v) is 3.56. The standard InChI is InChI=1S/C11H6ClFN4/c12-9-2-1-8(13)5-10(9)16-11-7(6-14)3-4-15-17-11/h1-5H,(H,16,17). The van der Waals surface area contributed by atoms with Gasteiger partial charge in [-0.3, -0.25) is 0 Å². The Labute approximate surface area is 102 Å². The highest BCUT2D eigenvalue weighted by atomic mass is 35.5. The summed E-state index contributed by atoms with van der Waals surface area (Å²) in [5.41, 5.74) is 0.643. The highest BCUT2D eigenvalue weighted by Gasteiger charge is 2.07. The Balaban J connectivity index is 2.38. The van der Waals surface area contributed by atoms with Crippen LogP contribution >= 0.6 is 11.6 Å². The van der Waals surface area contributed by atoms with E-state index in [1.54, 1.807) is 0 Å². The molecule has 0 saturated heterocycles. The quantitative estimate of drug-likeness (QED) is 0.888. The lowest BCUT2D eigenvalue weighted by Gasteiger charge is -2.07. The number of nitriles is 1. The van der Waals surface area contributed by atoms with Gasteiger partial charge < -0.3 is 5.32 Å². The number of rotatable bonds is 2. The van der Waals surface area contributed by atoms with E-state index in [0.717, 1.165) is 0 Å². The van der Waals surface area contributed by atoms with Crippen LogP contribution in [0.3, 0.4) is 0 Å². The predicted molar refractivity (Wildman–Crippen MR) is 61.4 cm³/mol. The zero-order valence-electron chi connectivity index (χ0n) is 8.48. The van der Waals surface area contributed by atoms with Gasteiger partial charge in [0.05, 0.1) is 22.5 Å². The van der Waals surface area contributed by atoms with E-state index in [1.807, 2.05) is 6.07 Å². The summed E-state index contributed by atoms with van der Waals surface area (Å²) in [6.07, 6.45) is 1.40.